The van der Waals surface area contributed by atoms with Crippen molar-refractivity contribution in [1.82, 2.24) is 10.1 Å². The van der Waals surface area contributed by atoms with Crippen LogP contribution in [0.2, 0.25) is 5.15 Å². The molecule has 0 saturated carbocycles. The Bertz CT molecular complexity index is 391. The molecule has 0 amide bonds. The van der Waals surface area contributed by atoms with Crippen LogP contribution >= 0.6 is 11.6 Å². The van der Waals surface area contributed by atoms with Crippen molar-refractivity contribution >= 4 is 17.6 Å². The Hall–Kier alpha value is -1.07. The zero-order valence-corrected chi connectivity index (χ0v) is 8.99. The van der Waals surface area contributed by atoms with E-state index in [0.29, 0.717) is 5.56 Å². The molecular formula is C9H11ClN2O3. The first-order valence-electron chi connectivity index (χ1n) is 4.70. The summed E-state index contributed by atoms with van der Waals surface area (Å²) >= 11 is 5.84. The lowest BCUT2D eigenvalue weighted by molar-refractivity contribution is 0.0648. The van der Waals surface area contributed by atoms with Crippen LogP contribution < -0.4 is 0 Å². The maximum absolute atomic E-state index is 10.9. The maximum Gasteiger partial charge on any atom is 0.375 e. The van der Waals surface area contributed by atoms with Crippen molar-refractivity contribution in [2.45, 2.75) is 18.9 Å². The lowest BCUT2D eigenvalue weighted by Gasteiger charge is -2.18. The highest BCUT2D eigenvalue weighted by Crippen LogP contribution is 2.36. The number of carbonyl (C=O) groups is 1. The Morgan fingerprint density at radius 3 is 3.00 bits per heavy atom. The van der Waals surface area contributed by atoms with Gasteiger partial charge in [-0.2, -0.15) is 0 Å². The first-order valence-corrected chi connectivity index (χ1v) is 5.07. The average Bonchev–Trinajstić information content (AvgIpc) is 2.71. The zero-order chi connectivity index (χ0) is 11.0. The molecule has 1 aromatic heterocycles. The monoisotopic (exact) mass is 230 g/mol. The number of likely N-dealkylation sites (tertiary alicyclic amines) is 1. The van der Waals surface area contributed by atoms with Crippen LogP contribution in [0.5, 0.6) is 0 Å². The minimum atomic E-state index is -1.12. The Kier molecular flexibility index (Phi) is 2.67. The van der Waals surface area contributed by atoms with Crippen LogP contribution in [-0.2, 0) is 0 Å². The second-order valence-electron chi connectivity index (χ2n) is 3.66. The molecule has 1 fully saturated rings. The summed E-state index contributed by atoms with van der Waals surface area (Å²) in [7, 11) is 1.94. The van der Waals surface area contributed by atoms with Crippen LogP contribution in [-0.4, -0.2) is 34.7 Å². The molecule has 1 saturated heterocycles. The molecule has 1 N–H and O–H groups in total. The summed E-state index contributed by atoms with van der Waals surface area (Å²) in [6.07, 6.45) is 1.92. The summed E-state index contributed by atoms with van der Waals surface area (Å²) in [6, 6.07) is 0.00912. The van der Waals surface area contributed by atoms with E-state index in [9.17, 15) is 4.79 Å². The fraction of sp³-hybridized carbons (Fsp3) is 0.556. The van der Waals surface area contributed by atoms with E-state index in [-0.39, 0.29) is 17.0 Å². The number of nitrogens with zero attached hydrogens (tertiary/aromatic N) is 2. The number of hydrogen-bond acceptors (Lipinski definition) is 4. The molecule has 2 rings (SSSR count). The van der Waals surface area contributed by atoms with Gasteiger partial charge in [0.2, 0.25) is 5.76 Å². The maximum atomic E-state index is 10.9. The third kappa shape index (κ3) is 1.72. The predicted molar refractivity (Wildman–Crippen MR) is 53.1 cm³/mol. The summed E-state index contributed by atoms with van der Waals surface area (Å²) in [5, 5.41) is 12.6. The van der Waals surface area contributed by atoms with Gasteiger partial charge in [-0.25, -0.2) is 4.79 Å². The van der Waals surface area contributed by atoms with E-state index in [1.54, 1.807) is 0 Å². The smallest absolute Gasteiger partial charge is 0.375 e. The quantitative estimate of drug-likeness (QED) is 0.839. The fourth-order valence-electron chi connectivity index (χ4n) is 2.00. The van der Waals surface area contributed by atoms with Crippen molar-refractivity contribution in [2.24, 2.45) is 0 Å². The third-order valence-corrected chi connectivity index (χ3v) is 3.00. The van der Waals surface area contributed by atoms with E-state index in [0.717, 1.165) is 19.4 Å². The summed E-state index contributed by atoms with van der Waals surface area (Å²) in [5.74, 6) is -1.26. The average molecular weight is 231 g/mol. The van der Waals surface area contributed by atoms with Gasteiger partial charge in [0.1, 0.15) is 0 Å². The third-order valence-electron chi connectivity index (χ3n) is 2.73. The van der Waals surface area contributed by atoms with Gasteiger partial charge in [0.05, 0.1) is 5.56 Å². The molecule has 0 radical (unpaired) electrons. The number of aromatic nitrogens is 1. The Balaban J connectivity index is 2.41. The van der Waals surface area contributed by atoms with Gasteiger partial charge in [-0.3, -0.25) is 4.90 Å². The molecule has 1 aromatic rings. The Morgan fingerprint density at radius 1 is 1.73 bits per heavy atom. The molecule has 0 spiro atoms. The largest absolute Gasteiger partial charge is 0.475 e. The second kappa shape index (κ2) is 3.83. The van der Waals surface area contributed by atoms with E-state index >= 15 is 0 Å². The van der Waals surface area contributed by atoms with Crippen molar-refractivity contribution in [3.8, 4) is 0 Å². The lowest BCUT2D eigenvalue weighted by Crippen LogP contribution is -2.19. The van der Waals surface area contributed by atoms with Crippen molar-refractivity contribution in [1.29, 1.82) is 0 Å². The molecule has 0 aromatic carbocycles. The fourth-order valence-corrected chi connectivity index (χ4v) is 2.24. The highest BCUT2D eigenvalue weighted by Gasteiger charge is 2.32. The van der Waals surface area contributed by atoms with Gasteiger partial charge in [-0.1, -0.05) is 16.8 Å². The van der Waals surface area contributed by atoms with E-state index < -0.39 is 5.97 Å². The molecule has 0 bridgehead atoms. The Morgan fingerprint density at radius 2 is 2.47 bits per heavy atom. The minimum absolute atomic E-state index is 0.00912. The van der Waals surface area contributed by atoms with Gasteiger partial charge in [0, 0.05) is 6.04 Å². The zero-order valence-electron chi connectivity index (χ0n) is 8.23. The van der Waals surface area contributed by atoms with Gasteiger partial charge in [-0.15, -0.1) is 0 Å². The topological polar surface area (TPSA) is 66.6 Å². The van der Waals surface area contributed by atoms with Crippen molar-refractivity contribution in [2.75, 3.05) is 13.6 Å². The van der Waals surface area contributed by atoms with E-state index in [1.165, 1.54) is 0 Å². The van der Waals surface area contributed by atoms with Crippen LogP contribution in [0.1, 0.15) is 35.0 Å². The van der Waals surface area contributed by atoms with E-state index in [1.807, 2.05) is 7.05 Å². The Labute approximate surface area is 91.6 Å². The molecule has 2 heterocycles. The number of carboxylic acid groups (broad SMARTS) is 1. The number of aromatic carboxylic acids is 1. The van der Waals surface area contributed by atoms with Gasteiger partial charge in [-0.05, 0) is 26.4 Å². The molecule has 1 atom stereocenters. The normalized spacial score (nSPS) is 22.1. The highest BCUT2D eigenvalue weighted by molar-refractivity contribution is 6.30. The van der Waals surface area contributed by atoms with Gasteiger partial charge in [0.25, 0.3) is 0 Å². The van der Waals surface area contributed by atoms with Crippen LogP contribution in [0.4, 0.5) is 0 Å². The number of carboxylic acids is 1. The van der Waals surface area contributed by atoms with Gasteiger partial charge < -0.3 is 9.63 Å². The van der Waals surface area contributed by atoms with Crippen LogP contribution in [0.25, 0.3) is 0 Å². The molecule has 0 aliphatic carbocycles. The van der Waals surface area contributed by atoms with Crippen LogP contribution in [0.15, 0.2) is 4.52 Å². The summed E-state index contributed by atoms with van der Waals surface area (Å²) in [5.41, 5.74) is 0.504. The van der Waals surface area contributed by atoms with Gasteiger partial charge in [0.15, 0.2) is 5.15 Å². The molecule has 15 heavy (non-hydrogen) atoms. The molecule has 6 heteroatoms. The molecule has 1 aliphatic rings. The molecule has 1 aliphatic heterocycles. The molecule has 5 nitrogen and oxygen atoms in total. The van der Waals surface area contributed by atoms with Crippen LogP contribution in [0, 0.1) is 0 Å². The van der Waals surface area contributed by atoms with Crippen molar-refractivity contribution in [3.05, 3.63) is 16.5 Å². The van der Waals surface area contributed by atoms with Gasteiger partial charge >= 0.3 is 5.97 Å². The second-order valence-corrected chi connectivity index (χ2v) is 4.02. The standard InChI is InChI=1S/C9H11ClN2O3/c1-12-4-2-3-5(12)6-7(9(13)14)15-11-8(6)10/h5H,2-4H2,1H3,(H,13,14). The summed E-state index contributed by atoms with van der Waals surface area (Å²) < 4.78 is 4.71. The summed E-state index contributed by atoms with van der Waals surface area (Å²) in [6.45, 7) is 0.936. The first-order chi connectivity index (χ1) is 7.11. The van der Waals surface area contributed by atoms with Crippen molar-refractivity contribution in [3.63, 3.8) is 0 Å². The van der Waals surface area contributed by atoms with Crippen LogP contribution in [0.3, 0.4) is 0 Å². The summed E-state index contributed by atoms with van der Waals surface area (Å²) in [4.78, 5) is 12.9. The lowest BCUT2D eigenvalue weighted by atomic mass is 10.1. The highest BCUT2D eigenvalue weighted by atomic mass is 35.5. The van der Waals surface area contributed by atoms with Crippen molar-refractivity contribution < 1.29 is 14.4 Å². The molecular weight excluding hydrogens is 220 g/mol. The molecule has 1 unspecified atom stereocenters. The number of hydrogen-bond donors (Lipinski definition) is 1. The first kappa shape index (κ1) is 10.4. The number of rotatable bonds is 2. The van der Waals surface area contributed by atoms with E-state index in [2.05, 4.69) is 10.1 Å². The molecule has 82 valence electrons. The SMILES string of the molecule is CN1CCCC1c1c(Cl)noc1C(=O)O. The minimum Gasteiger partial charge on any atom is -0.475 e. The number of halogens is 1. The van der Waals surface area contributed by atoms with E-state index in [4.69, 9.17) is 21.2 Å². The predicted octanol–water partition coefficient (Wildman–Crippen LogP) is 1.79.